The molecule has 0 spiro atoms. The van der Waals surface area contributed by atoms with E-state index in [1.807, 2.05) is 6.07 Å². The summed E-state index contributed by atoms with van der Waals surface area (Å²) in [5.41, 5.74) is 1.27. The van der Waals surface area contributed by atoms with Gasteiger partial charge in [-0.1, -0.05) is 6.07 Å². The Labute approximate surface area is 113 Å². The van der Waals surface area contributed by atoms with Crippen LogP contribution in [0.25, 0.3) is 0 Å². The highest BCUT2D eigenvalue weighted by Gasteiger charge is 2.14. The van der Waals surface area contributed by atoms with Gasteiger partial charge in [0.05, 0.1) is 11.6 Å². The first-order valence-electron chi connectivity index (χ1n) is 6.78. The molecule has 19 heavy (non-hydrogen) atoms. The number of anilines is 1. The summed E-state index contributed by atoms with van der Waals surface area (Å²) in [6.07, 6.45) is 3.83. The van der Waals surface area contributed by atoms with Crippen molar-refractivity contribution < 1.29 is 4.79 Å². The highest BCUT2D eigenvalue weighted by molar-refractivity contribution is 5.90. The van der Waals surface area contributed by atoms with Crippen molar-refractivity contribution in [1.29, 1.82) is 5.26 Å². The Morgan fingerprint density at radius 2 is 2.21 bits per heavy atom. The summed E-state index contributed by atoms with van der Waals surface area (Å²) in [5.74, 6) is 0.700. The number of benzene rings is 1. The molecule has 100 valence electrons. The molecule has 1 aromatic rings. The second-order valence-electron chi connectivity index (χ2n) is 4.97. The molecule has 0 unspecified atom stereocenters. The zero-order valence-corrected chi connectivity index (χ0v) is 11.0. The van der Waals surface area contributed by atoms with Crippen LogP contribution in [0, 0.1) is 17.2 Å². The Balaban J connectivity index is 1.78. The molecule has 1 aliphatic rings. The van der Waals surface area contributed by atoms with Crippen LogP contribution >= 0.6 is 0 Å². The molecule has 4 nitrogen and oxygen atoms in total. The Morgan fingerprint density at radius 3 is 2.95 bits per heavy atom. The summed E-state index contributed by atoms with van der Waals surface area (Å²) >= 11 is 0. The van der Waals surface area contributed by atoms with Crippen molar-refractivity contribution in [3.05, 3.63) is 29.8 Å². The van der Waals surface area contributed by atoms with E-state index in [4.69, 9.17) is 5.26 Å². The Morgan fingerprint density at radius 1 is 1.42 bits per heavy atom. The van der Waals surface area contributed by atoms with E-state index in [9.17, 15) is 4.79 Å². The second kappa shape index (κ2) is 6.91. The van der Waals surface area contributed by atoms with Crippen LogP contribution in [0.2, 0.25) is 0 Å². The minimum absolute atomic E-state index is 0.0358. The monoisotopic (exact) mass is 257 g/mol. The molecule has 0 bridgehead atoms. The molecule has 0 saturated carbocycles. The third kappa shape index (κ3) is 4.38. The quantitative estimate of drug-likeness (QED) is 0.869. The zero-order chi connectivity index (χ0) is 13.5. The van der Waals surface area contributed by atoms with E-state index in [-0.39, 0.29) is 5.91 Å². The summed E-state index contributed by atoms with van der Waals surface area (Å²) < 4.78 is 0. The molecule has 4 heteroatoms. The summed E-state index contributed by atoms with van der Waals surface area (Å²) in [5, 5.41) is 15.0. The fourth-order valence-corrected chi connectivity index (χ4v) is 2.40. The molecule has 2 rings (SSSR count). The van der Waals surface area contributed by atoms with Gasteiger partial charge in [0.2, 0.25) is 5.91 Å². The van der Waals surface area contributed by atoms with Crippen molar-refractivity contribution in [1.82, 2.24) is 5.32 Å². The molecule has 0 radical (unpaired) electrons. The summed E-state index contributed by atoms with van der Waals surface area (Å²) in [4.78, 5) is 11.8. The number of amides is 1. The van der Waals surface area contributed by atoms with Crippen molar-refractivity contribution in [2.24, 2.45) is 5.92 Å². The summed E-state index contributed by atoms with van der Waals surface area (Å²) in [6, 6.07) is 9.08. The molecule has 2 N–H and O–H groups in total. The predicted molar refractivity (Wildman–Crippen MR) is 74.6 cm³/mol. The van der Waals surface area contributed by atoms with E-state index in [1.54, 1.807) is 18.2 Å². The van der Waals surface area contributed by atoms with Crippen molar-refractivity contribution in [3.63, 3.8) is 0 Å². The zero-order valence-electron chi connectivity index (χ0n) is 11.0. The average molecular weight is 257 g/mol. The number of rotatable bonds is 4. The van der Waals surface area contributed by atoms with Gasteiger partial charge in [0, 0.05) is 12.1 Å². The first kappa shape index (κ1) is 13.6. The van der Waals surface area contributed by atoms with Crippen molar-refractivity contribution >= 4 is 11.6 Å². The lowest BCUT2D eigenvalue weighted by atomic mass is 9.93. The van der Waals surface area contributed by atoms with Crippen molar-refractivity contribution in [3.8, 4) is 6.07 Å². The lowest BCUT2D eigenvalue weighted by molar-refractivity contribution is -0.116. The molecule has 0 aliphatic carbocycles. The number of hydrogen-bond donors (Lipinski definition) is 2. The van der Waals surface area contributed by atoms with E-state index >= 15 is 0 Å². The topological polar surface area (TPSA) is 64.9 Å². The number of nitriles is 1. The molecule has 0 aromatic heterocycles. The van der Waals surface area contributed by atoms with E-state index in [1.165, 1.54) is 0 Å². The second-order valence-corrected chi connectivity index (χ2v) is 4.97. The smallest absolute Gasteiger partial charge is 0.224 e. The first-order valence-corrected chi connectivity index (χ1v) is 6.78. The van der Waals surface area contributed by atoms with Crippen LogP contribution in [0.15, 0.2) is 24.3 Å². The molecular formula is C15H19N3O. The van der Waals surface area contributed by atoms with E-state index < -0.39 is 0 Å². The molecule has 1 saturated heterocycles. The number of nitrogens with one attached hydrogen (secondary N) is 2. The van der Waals surface area contributed by atoms with Gasteiger partial charge in [-0.25, -0.2) is 0 Å². The van der Waals surface area contributed by atoms with Gasteiger partial charge in [0.15, 0.2) is 0 Å². The Kier molecular flexibility index (Phi) is 4.93. The molecule has 0 atom stereocenters. The van der Waals surface area contributed by atoms with Gasteiger partial charge in [0.25, 0.3) is 0 Å². The predicted octanol–water partition coefficient (Wildman–Crippen LogP) is 2.28. The molecule has 1 aliphatic heterocycles. The Hall–Kier alpha value is -1.86. The lowest BCUT2D eigenvalue weighted by Crippen LogP contribution is -2.28. The van der Waals surface area contributed by atoms with Gasteiger partial charge in [-0.3, -0.25) is 4.79 Å². The van der Waals surface area contributed by atoms with Gasteiger partial charge >= 0.3 is 0 Å². The molecule has 1 aromatic carbocycles. The normalized spacial score (nSPS) is 15.7. The van der Waals surface area contributed by atoms with Gasteiger partial charge < -0.3 is 10.6 Å². The molecule has 1 heterocycles. The number of carbonyl (C=O) groups excluding carboxylic acids is 1. The fraction of sp³-hybridized carbons (Fsp3) is 0.467. The highest BCUT2D eigenvalue weighted by atomic mass is 16.1. The average Bonchev–Trinajstić information content (AvgIpc) is 2.46. The number of nitrogens with zero attached hydrogens (tertiary/aromatic N) is 1. The lowest BCUT2D eigenvalue weighted by Gasteiger charge is -2.22. The van der Waals surface area contributed by atoms with Crippen molar-refractivity contribution in [2.75, 3.05) is 18.4 Å². The number of carbonyl (C=O) groups is 1. The van der Waals surface area contributed by atoms with Gasteiger partial charge in [-0.05, 0) is 56.5 Å². The molecule has 1 amide bonds. The van der Waals surface area contributed by atoms with E-state index in [0.29, 0.717) is 23.6 Å². The van der Waals surface area contributed by atoms with E-state index in [0.717, 1.165) is 32.4 Å². The van der Waals surface area contributed by atoms with Gasteiger partial charge in [-0.2, -0.15) is 5.26 Å². The highest BCUT2D eigenvalue weighted by Crippen LogP contribution is 2.18. The summed E-state index contributed by atoms with van der Waals surface area (Å²) in [7, 11) is 0. The minimum atomic E-state index is 0.0358. The molecular weight excluding hydrogens is 238 g/mol. The van der Waals surface area contributed by atoms with E-state index in [2.05, 4.69) is 16.7 Å². The third-order valence-electron chi connectivity index (χ3n) is 3.51. The van der Waals surface area contributed by atoms with Crippen LogP contribution in [0.4, 0.5) is 5.69 Å². The standard InChI is InChI=1S/C15H19N3O/c16-11-13-2-1-3-14(10-13)18-15(19)5-4-12-6-8-17-9-7-12/h1-3,10,12,17H,4-9H2,(H,18,19). The van der Waals surface area contributed by atoms with Gasteiger partial charge in [-0.15, -0.1) is 0 Å². The summed E-state index contributed by atoms with van der Waals surface area (Å²) in [6.45, 7) is 2.13. The number of piperidine rings is 1. The van der Waals surface area contributed by atoms with Crippen molar-refractivity contribution in [2.45, 2.75) is 25.7 Å². The van der Waals surface area contributed by atoms with Crippen LogP contribution in [0.5, 0.6) is 0 Å². The first-order chi connectivity index (χ1) is 9.28. The fourth-order valence-electron chi connectivity index (χ4n) is 2.40. The minimum Gasteiger partial charge on any atom is -0.326 e. The maximum Gasteiger partial charge on any atom is 0.224 e. The largest absolute Gasteiger partial charge is 0.326 e. The van der Waals surface area contributed by atoms with Crippen LogP contribution in [-0.4, -0.2) is 19.0 Å². The van der Waals surface area contributed by atoms with Crippen LogP contribution < -0.4 is 10.6 Å². The SMILES string of the molecule is N#Cc1cccc(NC(=O)CCC2CCNCC2)c1. The maximum absolute atomic E-state index is 11.8. The van der Waals surface area contributed by atoms with Gasteiger partial charge in [0.1, 0.15) is 0 Å². The molecule has 1 fully saturated rings. The number of hydrogen-bond acceptors (Lipinski definition) is 3. The van der Waals surface area contributed by atoms with Crippen LogP contribution in [0.1, 0.15) is 31.2 Å². The van der Waals surface area contributed by atoms with Crippen LogP contribution in [0.3, 0.4) is 0 Å². The third-order valence-corrected chi connectivity index (χ3v) is 3.51. The van der Waals surface area contributed by atoms with Crippen LogP contribution in [-0.2, 0) is 4.79 Å². The maximum atomic E-state index is 11.8. The Bertz CT molecular complexity index is 473.